The largest absolute Gasteiger partial charge is 0.340 e. The Hall–Kier alpha value is -2.08. The lowest BCUT2D eigenvalue weighted by atomic mass is 10.0. The van der Waals surface area contributed by atoms with Crippen LogP contribution in [0.3, 0.4) is 0 Å². The van der Waals surface area contributed by atoms with Crippen molar-refractivity contribution in [3.8, 4) is 0 Å². The Labute approximate surface area is 138 Å². The Morgan fingerprint density at radius 3 is 2.22 bits per heavy atom. The normalized spacial score (nSPS) is 11.5. The lowest BCUT2D eigenvalue weighted by Crippen LogP contribution is -2.16. The second kappa shape index (κ2) is 7.46. The number of hydrogen-bond donors (Lipinski definition) is 2. The van der Waals surface area contributed by atoms with Gasteiger partial charge in [-0.3, -0.25) is 4.72 Å². The Morgan fingerprint density at radius 1 is 1.04 bits per heavy atom. The van der Waals surface area contributed by atoms with Crippen LogP contribution in [0.4, 0.5) is 17.2 Å². The number of nitrogens with one attached hydrogen (secondary N) is 2. The standard InChI is InChI=1S/C17H23N3O2S/c1-4-11-23(21,22)20-16-9-10-17(18-12-16)19-15-7-5-14(6-8-15)13(2)3/h5-10,12-13,20H,4,11H2,1-3H3,(H,18,19). The van der Waals surface area contributed by atoms with Crippen LogP contribution in [0.5, 0.6) is 0 Å². The van der Waals surface area contributed by atoms with Crippen LogP contribution in [0.15, 0.2) is 42.6 Å². The van der Waals surface area contributed by atoms with Gasteiger partial charge in [0.15, 0.2) is 0 Å². The second-order valence-corrected chi connectivity index (χ2v) is 7.60. The minimum Gasteiger partial charge on any atom is -0.340 e. The summed E-state index contributed by atoms with van der Waals surface area (Å²) in [6.45, 7) is 6.14. The summed E-state index contributed by atoms with van der Waals surface area (Å²) in [6, 6.07) is 11.6. The molecule has 6 heteroatoms. The van der Waals surface area contributed by atoms with Gasteiger partial charge in [-0.1, -0.05) is 32.9 Å². The van der Waals surface area contributed by atoms with E-state index in [1.165, 1.54) is 11.8 Å². The molecule has 0 spiro atoms. The van der Waals surface area contributed by atoms with E-state index in [-0.39, 0.29) is 5.75 Å². The molecule has 124 valence electrons. The van der Waals surface area contributed by atoms with E-state index in [0.29, 0.717) is 23.8 Å². The van der Waals surface area contributed by atoms with Gasteiger partial charge in [-0.05, 0) is 42.2 Å². The van der Waals surface area contributed by atoms with Crippen LogP contribution >= 0.6 is 0 Å². The molecular weight excluding hydrogens is 310 g/mol. The van der Waals surface area contributed by atoms with Gasteiger partial charge in [-0.2, -0.15) is 0 Å². The molecule has 0 atom stereocenters. The van der Waals surface area contributed by atoms with E-state index < -0.39 is 10.0 Å². The predicted octanol–water partition coefficient (Wildman–Crippen LogP) is 4.10. The van der Waals surface area contributed by atoms with Gasteiger partial charge in [0, 0.05) is 5.69 Å². The summed E-state index contributed by atoms with van der Waals surface area (Å²) in [5.41, 5.74) is 2.70. The van der Waals surface area contributed by atoms with Crippen molar-refractivity contribution in [3.63, 3.8) is 0 Å². The average molecular weight is 333 g/mol. The highest BCUT2D eigenvalue weighted by Crippen LogP contribution is 2.20. The van der Waals surface area contributed by atoms with Gasteiger partial charge in [-0.15, -0.1) is 0 Å². The second-order valence-electron chi connectivity index (χ2n) is 5.75. The van der Waals surface area contributed by atoms with Gasteiger partial charge in [0.2, 0.25) is 10.0 Å². The highest BCUT2D eigenvalue weighted by molar-refractivity contribution is 7.92. The number of nitrogens with zero attached hydrogens (tertiary/aromatic N) is 1. The van der Waals surface area contributed by atoms with Crippen molar-refractivity contribution in [2.75, 3.05) is 15.8 Å². The fourth-order valence-electron chi connectivity index (χ4n) is 2.13. The zero-order chi connectivity index (χ0) is 16.9. The van der Waals surface area contributed by atoms with Gasteiger partial charge < -0.3 is 5.32 Å². The lowest BCUT2D eigenvalue weighted by Gasteiger charge is -2.10. The van der Waals surface area contributed by atoms with E-state index in [4.69, 9.17) is 0 Å². The SMILES string of the molecule is CCCS(=O)(=O)Nc1ccc(Nc2ccc(C(C)C)cc2)nc1. The van der Waals surface area contributed by atoms with E-state index >= 15 is 0 Å². The molecular formula is C17H23N3O2S. The zero-order valence-electron chi connectivity index (χ0n) is 13.7. The smallest absolute Gasteiger partial charge is 0.232 e. The van der Waals surface area contributed by atoms with Crippen molar-refractivity contribution in [2.45, 2.75) is 33.1 Å². The molecule has 2 N–H and O–H groups in total. The number of benzene rings is 1. The van der Waals surface area contributed by atoms with Gasteiger partial charge in [-0.25, -0.2) is 13.4 Å². The summed E-state index contributed by atoms with van der Waals surface area (Å²) in [4.78, 5) is 4.24. The minimum atomic E-state index is -3.28. The molecule has 0 saturated carbocycles. The van der Waals surface area contributed by atoms with Crippen molar-refractivity contribution in [2.24, 2.45) is 0 Å². The number of sulfonamides is 1. The van der Waals surface area contributed by atoms with Crippen LogP contribution in [0, 0.1) is 0 Å². The zero-order valence-corrected chi connectivity index (χ0v) is 14.5. The summed E-state index contributed by atoms with van der Waals surface area (Å²) in [7, 11) is -3.28. The Morgan fingerprint density at radius 2 is 1.70 bits per heavy atom. The van der Waals surface area contributed by atoms with E-state index in [1.807, 2.05) is 19.1 Å². The number of aromatic nitrogens is 1. The molecule has 23 heavy (non-hydrogen) atoms. The number of hydrogen-bond acceptors (Lipinski definition) is 4. The molecule has 0 radical (unpaired) electrons. The maximum absolute atomic E-state index is 11.7. The van der Waals surface area contributed by atoms with E-state index in [9.17, 15) is 8.42 Å². The van der Waals surface area contributed by atoms with E-state index in [2.05, 4.69) is 41.0 Å². The maximum Gasteiger partial charge on any atom is 0.232 e. The quantitative estimate of drug-likeness (QED) is 0.800. The molecule has 1 aromatic carbocycles. The third-order valence-electron chi connectivity index (χ3n) is 3.36. The van der Waals surface area contributed by atoms with Gasteiger partial charge >= 0.3 is 0 Å². The van der Waals surface area contributed by atoms with Crippen LogP contribution in [-0.4, -0.2) is 19.2 Å². The van der Waals surface area contributed by atoms with E-state index in [0.717, 1.165) is 5.69 Å². The third-order valence-corrected chi connectivity index (χ3v) is 4.85. The molecule has 0 amide bonds. The first kappa shape index (κ1) is 17.3. The summed E-state index contributed by atoms with van der Waals surface area (Å²) < 4.78 is 25.9. The summed E-state index contributed by atoms with van der Waals surface area (Å²) in [6.07, 6.45) is 2.09. The molecule has 1 heterocycles. The number of anilines is 3. The molecule has 0 unspecified atom stereocenters. The Balaban J connectivity index is 2.02. The molecule has 0 aliphatic carbocycles. The first-order valence-electron chi connectivity index (χ1n) is 7.73. The lowest BCUT2D eigenvalue weighted by molar-refractivity contribution is 0.600. The third kappa shape index (κ3) is 5.25. The number of pyridine rings is 1. The summed E-state index contributed by atoms with van der Waals surface area (Å²) in [5.74, 6) is 1.27. The van der Waals surface area contributed by atoms with Crippen LogP contribution < -0.4 is 10.0 Å². The fourth-order valence-corrected chi connectivity index (χ4v) is 3.25. The molecule has 1 aromatic heterocycles. The first-order valence-corrected chi connectivity index (χ1v) is 9.38. The van der Waals surface area contributed by atoms with Crippen molar-refractivity contribution < 1.29 is 8.42 Å². The molecule has 0 saturated heterocycles. The molecule has 0 bridgehead atoms. The Bertz CT molecular complexity index is 723. The van der Waals surface area contributed by atoms with E-state index in [1.54, 1.807) is 12.1 Å². The molecule has 2 aromatic rings. The monoisotopic (exact) mass is 333 g/mol. The summed E-state index contributed by atoms with van der Waals surface area (Å²) in [5, 5.41) is 3.20. The minimum absolute atomic E-state index is 0.106. The molecule has 2 rings (SSSR count). The van der Waals surface area contributed by atoms with Crippen molar-refractivity contribution in [1.82, 2.24) is 4.98 Å². The van der Waals surface area contributed by atoms with Crippen LogP contribution in [0.1, 0.15) is 38.7 Å². The molecule has 5 nitrogen and oxygen atoms in total. The topological polar surface area (TPSA) is 71.1 Å². The van der Waals surface area contributed by atoms with Crippen LogP contribution in [0.25, 0.3) is 0 Å². The predicted molar refractivity (Wildman–Crippen MR) is 95.8 cm³/mol. The molecule has 0 fully saturated rings. The van der Waals surface area contributed by atoms with Gasteiger partial charge in [0.05, 0.1) is 17.6 Å². The first-order chi connectivity index (χ1) is 10.9. The fraction of sp³-hybridized carbons (Fsp3) is 0.353. The van der Waals surface area contributed by atoms with Gasteiger partial charge in [0.1, 0.15) is 5.82 Å². The highest BCUT2D eigenvalue weighted by Gasteiger charge is 2.08. The van der Waals surface area contributed by atoms with Crippen LogP contribution in [0.2, 0.25) is 0 Å². The average Bonchev–Trinajstić information content (AvgIpc) is 2.49. The van der Waals surface area contributed by atoms with Gasteiger partial charge in [0.25, 0.3) is 0 Å². The Kier molecular flexibility index (Phi) is 5.60. The molecule has 0 aliphatic rings. The summed E-state index contributed by atoms with van der Waals surface area (Å²) >= 11 is 0. The number of rotatable bonds is 7. The van der Waals surface area contributed by atoms with Crippen molar-refractivity contribution >= 4 is 27.2 Å². The van der Waals surface area contributed by atoms with Crippen LogP contribution in [-0.2, 0) is 10.0 Å². The van der Waals surface area contributed by atoms with Crippen molar-refractivity contribution in [3.05, 3.63) is 48.2 Å². The highest BCUT2D eigenvalue weighted by atomic mass is 32.2. The maximum atomic E-state index is 11.7. The van der Waals surface area contributed by atoms with Crippen molar-refractivity contribution in [1.29, 1.82) is 0 Å². The molecule has 0 aliphatic heterocycles.